The third-order valence-electron chi connectivity index (χ3n) is 6.24. The van der Waals surface area contributed by atoms with Crippen LogP contribution < -0.4 is 16.0 Å². The first kappa shape index (κ1) is 24.6. The fraction of sp³-hybridized carbons (Fsp3) is 0.103. The van der Waals surface area contributed by atoms with Gasteiger partial charge in [-0.1, -0.05) is 66.7 Å². The molecule has 0 radical (unpaired) electrons. The Labute approximate surface area is 215 Å². The van der Waals surface area contributed by atoms with Crippen LogP contribution in [-0.2, 0) is 23.0 Å². The van der Waals surface area contributed by atoms with Crippen LogP contribution in [0.15, 0.2) is 107 Å². The topological polar surface area (TPSA) is 118 Å². The molecule has 0 fully saturated rings. The van der Waals surface area contributed by atoms with E-state index in [-0.39, 0.29) is 10.5 Å². The van der Waals surface area contributed by atoms with Crippen LogP contribution in [0.4, 0.5) is 0 Å². The van der Waals surface area contributed by atoms with Gasteiger partial charge in [0, 0.05) is 23.9 Å². The molecule has 0 amide bonds. The molecule has 0 aliphatic rings. The van der Waals surface area contributed by atoms with Crippen LogP contribution in [0.1, 0.15) is 11.1 Å². The Bertz CT molecular complexity index is 1700. The highest BCUT2D eigenvalue weighted by atomic mass is 32.2. The number of sulfonamides is 1. The van der Waals surface area contributed by atoms with Crippen LogP contribution in [0.25, 0.3) is 33.3 Å². The molecular formula is C29H26N4O3S. The third kappa shape index (κ3) is 5.67. The van der Waals surface area contributed by atoms with E-state index in [0.29, 0.717) is 17.4 Å². The highest BCUT2D eigenvalue weighted by molar-refractivity contribution is 7.89. The van der Waals surface area contributed by atoms with Gasteiger partial charge >= 0.3 is 0 Å². The second-order valence-corrected chi connectivity index (χ2v) is 10.4. The molecule has 3 aromatic carbocycles. The van der Waals surface area contributed by atoms with Crippen molar-refractivity contribution in [1.82, 2.24) is 15.3 Å². The van der Waals surface area contributed by atoms with E-state index >= 15 is 0 Å². The Kier molecular flexibility index (Phi) is 6.96. The molecule has 186 valence electrons. The number of nitrogens with zero attached hydrogens (tertiary/aromatic N) is 1. The Hall–Kier alpha value is -4.11. The summed E-state index contributed by atoms with van der Waals surface area (Å²) in [5, 5.41) is 9.14. The summed E-state index contributed by atoms with van der Waals surface area (Å²) < 4.78 is 22.8. The number of rotatable bonds is 8. The maximum Gasteiger partial charge on any atom is 0.257 e. The van der Waals surface area contributed by atoms with Gasteiger partial charge in [-0.3, -0.25) is 4.79 Å². The van der Waals surface area contributed by atoms with Crippen LogP contribution in [0, 0.1) is 0 Å². The molecule has 0 atom stereocenters. The number of H-pyrrole nitrogens is 1. The number of primary sulfonamides is 1. The summed E-state index contributed by atoms with van der Waals surface area (Å²) in [6.07, 6.45) is 2.39. The smallest absolute Gasteiger partial charge is 0.257 e. The SMILES string of the molecule is NS(=O)(=O)c1ccc(CCNCc2ccc(-c3nc4cc[nH]c(=O)c4cc3-c3ccccc3)cc2)cc1. The molecule has 0 aliphatic carbocycles. The molecule has 2 aromatic heterocycles. The number of hydrogen-bond acceptors (Lipinski definition) is 5. The van der Waals surface area contributed by atoms with E-state index in [1.54, 1.807) is 18.3 Å². The Morgan fingerprint density at radius 1 is 0.838 bits per heavy atom. The van der Waals surface area contributed by atoms with Gasteiger partial charge in [0.25, 0.3) is 5.56 Å². The van der Waals surface area contributed by atoms with Crippen LogP contribution in [0.5, 0.6) is 0 Å². The van der Waals surface area contributed by atoms with Crippen LogP contribution >= 0.6 is 0 Å². The summed E-state index contributed by atoms with van der Waals surface area (Å²) in [6.45, 7) is 1.44. The van der Waals surface area contributed by atoms with Crippen molar-refractivity contribution in [2.75, 3.05) is 6.54 Å². The predicted octanol–water partition coefficient (Wildman–Crippen LogP) is 4.24. The first-order valence-electron chi connectivity index (χ1n) is 11.9. The van der Waals surface area contributed by atoms with Gasteiger partial charge < -0.3 is 10.3 Å². The summed E-state index contributed by atoms with van der Waals surface area (Å²) in [5.41, 5.74) is 6.36. The number of hydrogen-bond donors (Lipinski definition) is 3. The van der Waals surface area contributed by atoms with Gasteiger partial charge in [0.15, 0.2) is 0 Å². The quantitative estimate of drug-likeness (QED) is 0.270. The van der Waals surface area contributed by atoms with E-state index < -0.39 is 10.0 Å². The normalized spacial score (nSPS) is 11.6. The predicted molar refractivity (Wildman–Crippen MR) is 146 cm³/mol. The highest BCUT2D eigenvalue weighted by Gasteiger charge is 2.13. The summed E-state index contributed by atoms with van der Waals surface area (Å²) in [5.74, 6) is 0. The van der Waals surface area contributed by atoms with Crippen molar-refractivity contribution in [2.45, 2.75) is 17.9 Å². The zero-order chi connectivity index (χ0) is 25.8. The minimum atomic E-state index is -3.67. The molecule has 37 heavy (non-hydrogen) atoms. The van der Waals surface area contributed by atoms with Crippen molar-refractivity contribution in [3.05, 3.63) is 119 Å². The van der Waals surface area contributed by atoms with Gasteiger partial charge in [-0.2, -0.15) is 0 Å². The summed E-state index contributed by atoms with van der Waals surface area (Å²) in [4.78, 5) is 20.1. The molecular weight excluding hydrogens is 484 g/mol. The zero-order valence-electron chi connectivity index (χ0n) is 20.0. The summed E-state index contributed by atoms with van der Waals surface area (Å²) in [7, 11) is -3.67. The van der Waals surface area contributed by atoms with E-state index in [1.165, 1.54) is 12.1 Å². The maximum absolute atomic E-state index is 12.4. The second-order valence-electron chi connectivity index (χ2n) is 8.80. The van der Waals surface area contributed by atoms with Crippen molar-refractivity contribution < 1.29 is 8.42 Å². The van der Waals surface area contributed by atoms with E-state index in [4.69, 9.17) is 10.1 Å². The van der Waals surface area contributed by atoms with Crippen LogP contribution in [-0.4, -0.2) is 24.9 Å². The van der Waals surface area contributed by atoms with Gasteiger partial charge in [-0.25, -0.2) is 18.5 Å². The standard InChI is InChI=1S/C29H26N4O3S/c30-37(35,36)24-12-8-20(9-13-24)14-16-31-19-21-6-10-23(11-7-21)28-25(22-4-2-1-3-5-22)18-26-27(33-28)15-17-32-29(26)34/h1-13,15,17-18,31H,14,16,19H2,(H,32,34)(H2,30,35,36). The monoisotopic (exact) mass is 510 g/mol. The zero-order valence-corrected chi connectivity index (χ0v) is 20.8. The lowest BCUT2D eigenvalue weighted by molar-refractivity contribution is 0.597. The highest BCUT2D eigenvalue weighted by Crippen LogP contribution is 2.32. The van der Waals surface area contributed by atoms with Gasteiger partial charge in [-0.05, 0) is 53.9 Å². The maximum atomic E-state index is 12.4. The van der Waals surface area contributed by atoms with Crippen molar-refractivity contribution in [2.24, 2.45) is 5.14 Å². The summed E-state index contributed by atoms with van der Waals surface area (Å²) in [6, 6.07) is 28.6. The van der Waals surface area contributed by atoms with E-state index in [1.807, 2.05) is 42.5 Å². The van der Waals surface area contributed by atoms with E-state index in [9.17, 15) is 13.2 Å². The minimum Gasteiger partial charge on any atom is -0.328 e. The molecule has 8 heteroatoms. The molecule has 2 heterocycles. The van der Waals surface area contributed by atoms with E-state index in [2.05, 4.69) is 34.6 Å². The number of aromatic amines is 1. The van der Waals surface area contributed by atoms with Crippen molar-refractivity contribution in [3.8, 4) is 22.4 Å². The first-order chi connectivity index (χ1) is 17.9. The van der Waals surface area contributed by atoms with Gasteiger partial charge in [-0.15, -0.1) is 0 Å². The molecule has 5 rings (SSSR count). The lowest BCUT2D eigenvalue weighted by Crippen LogP contribution is -2.17. The van der Waals surface area contributed by atoms with Crippen molar-refractivity contribution >= 4 is 20.9 Å². The number of nitrogens with two attached hydrogens (primary N) is 1. The number of benzene rings is 3. The average Bonchev–Trinajstić information content (AvgIpc) is 2.91. The molecule has 5 aromatic rings. The van der Waals surface area contributed by atoms with Crippen molar-refractivity contribution in [3.63, 3.8) is 0 Å². The fourth-order valence-corrected chi connectivity index (χ4v) is 4.78. The average molecular weight is 511 g/mol. The van der Waals surface area contributed by atoms with Gasteiger partial charge in [0.1, 0.15) is 0 Å². The molecule has 0 unspecified atom stereocenters. The Morgan fingerprint density at radius 3 is 2.24 bits per heavy atom. The largest absolute Gasteiger partial charge is 0.328 e. The molecule has 7 nitrogen and oxygen atoms in total. The molecule has 0 spiro atoms. The Morgan fingerprint density at radius 2 is 1.54 bits per heavy atom. The third-order valence-corrected chi connectivity index (χ3v) is 7.17. The number of fused-ring (bicyclic) bond motifs is 1. The molecule has 4 N–H and O–H groups in total. The lowest BCUT2D eigenvalue weighted by Gasteiger charge is -2.12. The fourth-order valence-electron chi connectivity index (χ4n) is 4.26. The Balaban J connectivity index is 1.31. The van der Waals surface area contributed by atoms with Gasteiger partial charge in [0.05, 0.1) is 21.5 Å². The van der Waals surface area contributed by atoms with Crippen LogP contribution in [0.3, 0.4) is 0 Å². The molecule has 0 aliphatic heterocycles. The summed E-state index contributed by atoms with van der Waals surface area (Å²) >= 11 is 0. The van der Waals surface area contributed by atoms with Crippen LogP contribution in [0.2, 0.25) is 0 Å². The number of pyridine rings is 2. The molecule has 0 bridgehead atoms. The number of aromatic nitrogens is 2. The minimum absolute atomic E-state index is 0.118. The molecule has 0 saturated carbocycles. The van der Waals surface area contributed by atoms with Crippen molar-refractivity contribution in [1.29, 1.82) is 0 Å². The molecule has 0 saturated heterocycles. The lowest BCUT2D eigenvalue weighted by atomic mass is 9.97. The van der Waals surface area contributed by atoms with E-state index in [0.717, 1.165) is 46.5 Å². The first-order valence-corrected chi connectivity index (χ1v) is 13.4. The number of nitrogens with one attached hydrogen (secondary N) is 2. The van der Waals surface area contributed by atoms with Gasteiger partial charge in [0.2, 0.25) is 10.0 Å². The second kappa shape index (κ2) is 10.5.